The van der Waals surface area contributed by atoms with Crippen molar-refractivity contribution in [2.24, 2.45) is 0 Å². The van der Waals surface area contributed by atoms with Gasteiger partial charge in [0.15, 0.2) is 11.6 Å². The van der Waals surface area contributed by atoms with E-state index >= 15 is 0 Å². The maximum atomic E-state index is 14.0. The minimum Gasteiger partial charge on any atom is -0.494 e. The highest BCUT2D eigenvalue weighted by Gasteiger charge is 2.23. The number of hydrogen-bond donors (Lipinski definition) is 0. The summed E-state index contributed by atoms with van der Waals surface area (Å²) in [6.45, 7) is 4.91. The Hall–Kier alpha value is -2.40. The molecule has 3 rings (SSSR count). The fourth-order valence-electron chi connectivity index (χ4n) is 2.90. The number of nitrogens with zero attached hydrogens (tertiary/aromatic N) is 1. The van der Waals surface area contributed by atoms with E-state index in [0.29, 0.717) is 24.5 Å². The Kier molecular flexibility index (Phi) is 4.53. The number of anilines is 1. The first kappa shape index (κ1) is 16.5. The molecule has 5 heteroatoms. The fourth-order valence-corrected chi connectivity index (χ4v) is 2.90. The predicted octanol–water partition coefficient (Wildman–Crippen LogP) is 3.92. The number of halogens is 1. The summed E-state index contributed by atoms with van der Waals surface area (Å²) in [7, 11) is 1.41. The van der Waals surface area contributed by atoms with Crippen LogP contribution in [0.25, 0.3) is 0 Å². The van der Waals surface area contributed by atoms with Gasteiger partial charge >= 0.3 is 0 Å². The van der Waals surface area contributed by atoms with E-state index in [-0.39, 0.29) is 17.7 Å². The summed E-state index contributed by atoms with van der Waals surface area (Å²) in [6.07, 6.45) is 0. The molecule has 1 aliphatic rings. The quantitative estimate of drug-likeness (QED) is 0.853. The number of amides is 1. The fraction of sp³-hybridized carbons (Fsp3) is 0.316. The zero-order valence-corrected chi connectivity index (χ0v) is 14.0. The molecule has 24 heavy (non-hydrogen) atoms. The molecule has 0 N–H and O–H groups in total. The largest absolute Gasteiger partial charge is 0.494 e. The monoisotopic (exact) mass is 329 g/mol. The van der Waals surface area contributed by atoms with Gasteiger partial charge in [-0.25, -0.2) is 4.39 Å². The molecule has 2 aromatic rings. The zero-order chi connectivity index (χ0) is 17.3. The van der Waals surface area contributed by atoms with E-state index < -0.39 is 5.82 Å². The number of benzene rings is 2. The second kappa shape index (κ2) is 6.61. The summed E-state index contributed by atoms with van der Waals surface area (Å²) < 4.78 is 24.4. The number of rotatable bonds is 4. The predicted molar refractivity (Wildman–Crippen MR) is 89.8 cm³/mol. The lowest BCUT2D eigenvalue weighted by Gasteiger charge is -2.27. The van der Waals surface area contributed by atoms with Crippen molar-refractivity contribution in [3.8, 4) is 5.75 Å². The van der Waals surface area contributed by atoms with Gasteiger partial charge < -0.3 is 14.4 Å². The third-order valence-corrected chi connectivity index (χ3v) is 4.12. The third kappa shape index (κ3) is 2.99. The van der Waals surface area contributed by atoms with Crippen molar-refractivity contribution < 1.29 is 18.7 Å². The molecule has 1 aliphatic heterocycles. The summed E-state index contributed by atoms with van der Waals surface area (Å²) in [4.78, 5) is 14.6. The van der Waals surface area contributed by atoms with Crippen LogP contribution in [-0.2, 0) is 18.0 Å². The van der Waals surface area contributed by atoms with Gasteiger partial charge in [0, 0.05) is 23.4 Å². The molecule has 0 radical (unpaired) electrons. The standard InChI is InChI=1S/C19H20FNO3/c1-12(2)21(16-6-7-18(23-3)17(20)9-16)19(22)13-4-5-14-10-24-11-15(14)8-13/h4-9,12H,10-11H2,1-3H3. The van der Waals surface area contributed by atoms with Crippen LogP contribution >= 0.6 is 0 Å². The van der Waals surface area contributed by atoms with E-state index in [1.807, 2.05) is 26.0 Å². The molecule has 0 fully saturated rings. The summed E-state index contributed by atoms with van der Waals surface area (Å²) in [6, 6.07) is 10.0. The summed E-state index contributed by atoms with van der Waals surface area (Å²) in [5.74, 6) is -0.496. The molecule has 0 saturated heterocycles. The van der Waals surface area contributed by atoms with E-state index in [9.17, 15) is 9.18 Å². The number of carbonyl (C=O) groups excluding carboxylic acids is 1. The molecule has 0 aliphatic carbocycles. The van der Waals surface area contributed by atoms with E-state index in [1.165, 1.54) is 19.2 Å². The highest BCUT2D eigenvalue weighted by Crippen LogP contribution is 2.27. The maximum Gasteiger partial charge on any atom is 0.258 e. The molecular weight excluding hydrogens is 309 g/mol. The average molecular weight is 329 g/mol. The van der Waals surface area contributed by atoms with Crippen LogP contribution in [0.1, 0.15) is 35.3 Å². The Morgan fingerprint density at radius 1 is 1.17 bits per heavy atom. The molecule has 0 aromatic heterocycles. The number of fused-ring (bicyclic) bond motifs is 1. The Balaban J connectivity index is 1.96. The van der Waals surface area contributed by atoms with Crippen molar-refractivity contribution in [2.45, 2.75) is 33.1 Å². The van der Waals surface area contributed by atoms with Gasteiger partial charge in [-0.1, -0.05) is 6.07 Å². The summed E-state index contributed by atoms with van der Waals surface area (Å²) in [5.41, 5.74) is 3.22. The van der Waals surface area contributed by atoms with E-state index in [2.05, 4.69) is 0 Å². The third-order valence-electron chi connectivity index (χ3n) is 4.12. The van der Waals surface area contributed by atoms with Crippen molar-refractivity contribution >= 4 is 11.6 Å². The summed E-state index contributed by atoms with van der Waals surface area (Å²) >= 11 is 0. The van der Waals surface area contributed by atoms with E-state index in [1.54, 1.807) is 17.0 Å². The van der Waals surface area contributed by atoms with Gasteiger partial charge in [0.1, 0.15) is 0 Å². The Labute approximate surface area is 140 Å². The maximum absolute atomic E-state index is 14.0. The molecule has 126 valence electrons. The Morgan fingerprint density at radius 3 is 2.58 bits per heavy atom. The molecule has 0 bridgehead atoms. The second-order valence-corrected chi connectivity index (χ2v) is 6.06. The van der Waals surface area contributed by atoms with Gasteiger partial charge in [-0.15, -0.1) is 0 Å². The van der Waals surface area contributed by atoms with Gasteiger partial charge in [0.25, 0.3) is 5.91 Å². The number of ether oxygens (including phenoxy) is 2. The van der Waals surface area contributed by atoms with Crippen molar-refractivity contribution in [3.63, 3.8) is 0 Å². The van der Waals surface area contributed by atoms with Crippen molar-refractivity contribution in [1.29, 1.82) is 0 Å². The molecule has 1 heterocycles. The molecule has 0 saturated carbocycles. The lowest BCUT2D eigenvalue weighted by molar-refractivity contribution is 0.0980. The first-order chi connectivity index (χ1) is 11.5. The number of carbonyl (C=O) groups is 1. The van der Waals surface area contributed by atoms with E-state index in [4.69, 9.17) is 9.47 Å². The van der Waals surface area contributed by atoms with Crippen molar-refractivity contribution in [1.82, 2.24) is 0 Å². The minimum absolute atomic E-state index is 0.116. The first-order valence-electron chi connectivity index (χ1n) is 7.88. The average Bonchev–Trinajstić information content (AvgIpc) is 3.02. The highest BCUT2D eigenvalue weighted by molar-refractivity contribution is 6.06. The van der Waals surface area contributed by atoms with Crippen molar-refractivity contribution in [3.05, 3.63) is 58.9 Å². The van der Waals surface area contributed by atoms with Crippen LogP contribution in [0.2, 0.25) is 0 Å². The molecule has 0 atom stereocenters. The van der Waals surface area contributed by atoms with Gasteiger partial charge in [-0.05, 0) is 49.2 Å². The highest BCUT2D eigenvalue weighted by atomic mass is 19.1. The van der Waals surface area contributed by atoms with Gasteiger partial charge in [-0.2, -0.15) is 0 Å². The molecule has 2 aromatic carbocycles. The van der Waals surface area contributed by atoms with Crippen LogP contribution in [-0.4, -0.2) is 19.1 Å². The number of hydrogen-bond acceptors (Lipinski definition) is 3. The molecule has 4 nitrogen and oxygen atoms in total. The lowest BCUT2D eigenvalue weighted by Crippen LogP contribution is -2.37. The zero-order valence-electron chi connectivity index (χ0n) is 14.0. The minimum atomic E-state index is -0.490. The van der Waals surface area contributed by atoms with Crippen LogP contribution < -0.4 is 9.64 Å². The van der Waals surface area contributed by atoms with Crippen LogP contribution in [0.5, 0.6) is 5.75 Å². The van der Waals surface area contributed by atoms with Crippen LogP contribution in [0, 0.1) is 5.82 Å². The lowest BCUT2D eigenvalue weighted by atomic mass is 10.0. The van der Waals surface area contributed by atoms with Gasteiger partial charge in [0.05, 0.1) is 20.3 Å². The number of methoxy groups -OCH3 is 1. The van der Waals surface area contributed by atoms with E-state index in [0.717, 1.165) is 11.1 Å². The Bertz CT molecular complexity index is 773. The van der Waals surface area contributed by atoms with Gasteiger partial charge in [0.2, 0.25) is 0 Å². The van der Waals surface area contributed by atoms with Crippen LogP contribution in [0.3, 0.4) is 0 Å². The molecule has 0 spiro atoms. The Morgan fingerprint density at radius 2 is 1.92 bits per heavy atom. The molecule has 0 unspecified atom stereocenters. The molecule has 1 amide bonds. The summed E-state index contributed by atoms with van der Waals surface area (Å²) in [5, 5.41) is 0. The topological polar surface area (TPSA) is 38.8 Å². The van der Waals surface area contributed by atoms with Crippen LogP contribution in [0.15, 0.2) is 36.4 Å². The second-order valence-electron chi connectivity index (χ2n) is 6.06. The van der Waals surface area contributed by atoms with Crippen molar-refractivity contribution in [2.75, 3.05) is 12.0 Å². The van der Waals surface area contributed by atoms with Crippen LogP contribution in [0.4, 0.5) is 10.1 Å². The van der Waals surface area contributed by atoms with Gasteiger partial charge in [-0.3, -0.25) is 4.79 Å². The normalized spacial score (nSPS) is 13.0. The SMILES string of the molecule is COc1ccc(N(C(=O)c2ccc3c(c2)COC3)C(C)C)cc1F. The molecular formula is C19H20FNO3. The smallest absolute Gasteiger partial charge is 0.258 e. The first-order valence-corrected chi connectivity index (χ1v) is 7.88.